The number of rotatable bonds is 18. The molecule has 13 heteroatoms. The van der Waals surface area contributed by atoms with Crippen molar-refractivity contribution in [1.29, 1.82) is 0 Å². The summed E-state index contributed by atoms with van der Waals surface area (Å²) in [5.74, 6) is 0.690. The Kier molecular flexibility index (Phi) is 14.7. The Balaban J connectivity index is 1.02. The van der Waals surface area contributed by atoms with E-state index < -0.39 is 23.6 Å². The van der Waals surface area contributed by atoms with Crippen LogP contribution in [0.3, 0.4) is 0 Å². The van der Waals surface area contributed by atoms with Crippen molar-refractivity contribution in [3.05, 3.63) is 64.8 Å². The molecule has 0 bridgehead atoms. The summed E-state index contributed by atoms with van der Waals surface area (Å²) < 4.78 is 11.5. The van der Waals surface area contributed by atoms with Crippen molar-refractivity contribution in [2.75, 3.05) is 26.8 Å². The molecule has 0 aliphatic carbocycles. The predicted octanol–water partition coefficient (Wildman–Crippen LogP) is 5.65. The molecule has 5 rings (SSSR count). The van der Waals surface area contributed by atoms with Crippen molar-refractivity contribution in [1.82, 2.24) is 25.8 Å². The second-order valence-corrected chi connectivity index (χ2v) is 16.6. The maximum atomic E-state index is 13.9. The van der Waals surface area contributed by atoms with Crippen LogP contribution in [0.4, 0.5) is 0 Å². The Bertz CT molecular complexity index is 1770. The van der Waals surface area contributed by atoms with Gasteiger partial charge in [-0.15, -0.1) is 11.3 Å². The van der Waals surface area contributed by atoms with Crippen LogP contribution in [0, 0.1) is 12.3 Å². The molecule has 0 saturated carbocycles. The average molecular weight is 776 g/mol. The lowest BCUT2D eigenvalue weighted by molar-refractivity contribution is -0.144. The first-order valence-electron chi connectivity index (χ1n) is 19.5. The second kappa shape index (κ2) is 19.4. The number of thiazole rings is 1. The van der Waals surface area contributed by atoms with Gasteiger partial charge in [0, 0.05) is 44.8 Å². The molecule has 0 radical (unpaired) electrons. The fraction of sp³-hybridized carbons (Fsp3) is 0.548. The first-order valence-corrected chi connectivity index (χ1v) is 20.3. The number of amides is 4. The number of likely N-dealkylation sites (tertiary alicyclic amines) is 1. The fourth-order valence-electron chi connectivity index (χ4n) is 7.19. The number of hydrogen-bond donors (Lipinski definition) is 4. The summed E-state index contributed by atoms with van der Waals surface area (Å²) in [6, 6.07) is 12.1. The summed E-state index contributed by atoms with van der Waals surface area (Å²) in [6.07, 6.45) is 5.56. The van der Waals surface area contributed by atoms with Gasteiger partial charge in [-0.3, -0.25) is 19.2 Å². The second-order valence-electron chi connectivity index (χ2n) is 15.8. The molecule has 0 spiro atoms. The van der Waals surface area contributed by atoms with Crippen LogP contribution in [-0.4, -0.2) is 83.6 Å². The van der Waals surface area contributed by atoms with Crippen molar-refractivity contribution in [2.24, 2.45) is 5.41 Å². The molecule has 298 valence electrons. The van der Waals surface area contributed by atoms with E-state index in [1.54, 1.807) is 18.4 Å². The molecule has 55 heavy (non-hydrogen) atoms. The Hall–Kier alpha value is -4.49. The lowest BCUT2D eigenvalue weighted by atomic mass is 9.85. The van der Waals surface area contributed by atoms with Crippen molar-refractivity contribution < 1.29 is 33.8 Å². The van der Waals surface area contributed by atoms with Gasteiger partial charge < -0.3 is 35.4 Å². The highest BCUT2D eigenvalue weighted by atomic mass is 32.1. The standard InChI is InChI=1S/C42H57N5O7S/c1-27-38(55-26-45-27)29-15-13-28(14-16-29)23-44-40(51)33-22-32(48)25-47(33)41(52)39(42(2,3)4)46-36(49)12-10-8-6-7-9-11-19-54-35-20-30(17-18-34(35)53-5)31-21-37(50)43-24-31/h13-18,20,26,31-33,39,48H,6-12,19,21-25H2,1-5H3,(H,43,50)(H,44,51)(H,46,49)/t31?,32-,33+,39-/m1/s1. The van der Waals surface area contributed by atoms with Crippen LogP contribution in [0.15, 0.2) is 48.0 Å². The topological polar surface area (TPSA) is 159 Å². The molecule has 2 saturated heterocycles. The summed E-state index contributed by atoms with van der Waals surface area (Å²) in [7, 11) is 1.62. The van der Waals surface area contributed by atoms with Crippen LogP contribution in [0.2, 0.25) is 0 Å². The van der Waals surface area contributed by atoms with Crippen LogP contribution in [0.1, 0.15) is 101 Å². The van der Waals surface area contributed by atoms with E-state index >= 15 is 0 Å². The highest BCUT2D eigenvalue weighted by molar-refractivity contribution is 7.13. The third-order valence-electron chi connectivity index (χ3n) is 10.4. The van der Waals surface area contributed by atoms with E-state index in [9.17, 15) is 24.3 Å². The van der Waals surface area contributed by atoms with E-state index in [-0.39, 0.29) is 49.1 Å². The first kappa shape index (κ1) is 41.7. The van der Waals surface area contributed by atoms with E-state index in [0.717, 1.165) is 59.4 Å². The summed E-state index contributed by atoms with van der Waals surface area (Å²) in [5, 5.41) is 19.3. The number of nitrogens with one attached hydrogen (secondary N) is 3. The number of aliphatic hydroxyl groups is 1. The normalized spacial score (nSPS) is 18.8. The minimum absolute atomic E-state index is 0.0353. The molecule has 2 aromatic carbocycles. The number of unbranched alkanes of at least 4 members (excludes halogenated alkanes) is 5. The molecule has 4 atom stereocenters. The summed E-state index contributed by atoms with van der Waals surface area (Å²) in [5.41, 5.74) is 5.24. The Morgan fingerprint density at radius 3 is 2.42 bits per heavy atom. The quantitative estimate of drug-likeness (QED) is 0.121. The zero-order valence-corrected chi connectivity index (χ0v) is 33.6. The van der Waals surface area contributed by atoms with Gasteiger partial charge in [-0.25, -0.2) is 4.98 Å². The number of nitrogens with zero attached hydrogens (tertiary/aromatic N) is 2. The fourth-order valence-corrected chi connectivity index (χ4v) is 8.00. The number of benzene rings is 2. The third-order valence-corrected chi connectivity index (χ3v) is 11.4. The van der Waals surface area contributed by atoms with E-state index in [1.807, 2.05) is 75.7 Å². The van der Waals surface area contributed by atoms with Gasteiger partial charge in [0.2, 0.25) is 23.6 Å². The summed E-state index contributed by atoms with van der Waals surface area (Å²) in [4.78, 5) is 58.9. The Labute approximate surface area is 328 Å². The number of ether oxygens (including phenoxy) is 2. The van der Waals surface area contributed by atoms with Crippen LogP contribution >= 0.6 is 11.3 Å². The third kappa shape index (κ3) is 11.5. The monoisotopic (exact) mass is 775 g/mol. The molecule has 2 fully saturated rings. The van der Waals surface area contributed by atoms with E-state index in [0.29, 0.717) is 43.9 Å². The number of aromatic nitrogens is 1. The summed E-state index contributed by atoms with van der Waals surface area (Å²) >= 11 is 1.58. The molecule has 2 aliphatic heterocycles. The minimum atomic E-state index is -0.847. The minimum Gasteiger partial charge on any atom is -0.493 e. The lowest BCUT2D eigenvalue weighted by Gasteiger charge is -2.35. The van der Waals surface area contributed by atoms with Crippen molar-refractivity contribution in [2.45, 2.75) is 116 Å². The number of carbonyl (C=O) groups excluding carboxylic acids is 4. The van der Waals surface area contributed by atoms with Gasteiger partial charge in [-0.1, -0.05) is 76.8 Å². The zero-order valence-electron chi connectivity index (χ0n) is 32.8. The number of hydrogen-bond acceptors (Lipinski definition) is 9. The maximum Gasteiger partial charge on any atom is 0.246 e. The predicted molar refractivity (Wildman–Crippen MR) is 213 cm³/mol. The number of β-amino-alcohol motifs (C(OH)–C–C–N with tert-alkyl or cyclic N) is 1. The van der Waals surface area contributed by atoms with Crippen LogP contribution < -0.4 is 25.4 Å². The molecule has 12 nitrogen and oxygen atoms in total. The van der Waals surface area contributed by atoms with E-state index in [1.165, 1.54) is 4.90 Å². The molecule has 1 unspecified atom stereocenters. The number of carbonyl (C=O) groups is 4. The number of aryl methyl sites for hydroxylation is 1. The van der Waals surface area contributed by atoms with Gasteiger partial charge in [0.15, 0.2) is 11.5 Å². The van der Waals surface area contributed by atoms with Gasteiger partial charge in [0.05, 0.1) is 35.9 Å². The van der Waals surface area contributed by atoms with Crippen LogP contribution in [0.5, 0.6) is 11.5 Å². The zero-order chi connectivity index (χ0) is 39.5. The van der Waals surface area contributed by atoms with E-state index in [2.05, 4.69) is 20.9 Å². The molecule has 1 aromatic heterocycles. The van der Waals surface area contributed by atoms with Crippen LogP contribution in [0.25, 0.3) is 10.4 Å². The van der Waals surface area contributed by atoms with Crippen LogP contribution in [-0.2, 0) is 25.7 Å². The Morgan fingerprint density at radius 2 is 1.76 bits per heavy atom. The molecule has 3 aromatic rings. The SMILES string of the molecule is COc1ccc(C2CNC(=O)C2)cc1OCCCCCCCCC(=O)N[C@H](C(=O)N1C[C@H](O)C[C@H]1C(=O)NCc1ccc(-c2scnc2C)cc1)C(C)(C)C. The molecular formula is C42H57N5O7S. The Morgan fingerprint density at radius 1 is 1.04 bits per heavy atom. The van der Waals surface area contributed by atoms with Gasteiger partial charge in [0.1, 0.15) is 12.1 Å². The van der Waals surface area contributed by atoms with Gasteiger partial charge >= 0.3 is 0 Å². The summed E-state index contributed by atoms with van der Waals surface area (Å²) in [6.45, 7) is 9.16. The van der Waals surface area contributed by atoms with Crippen molar-refractivity contribution >= 4 is 35.0 Å². The van der Waals surface area contributed by atoms with Crippen molar-refractivity contribution in [3.63, 3.8) is 0 Å². The molecular weight excluding hydrogens is 719 g/mol. The smallest absolute Gasteiger partial charge is 0.246 e. The lowest BCUT2D eigenvalue weighted by Crippen LogP contribution is -2.57. The number of aliphatic hydroxyl groups excluding tert-OH is 1. The molecule has 2 aliphatic rings. The van der Waals surface area contributed by atoms with Gasteiger partial charge in [0.25, 0.3) is 0 Å². The van der Waals surface area contributed by atoms with E-state index in [4.69, 9.17) is 9.47 Å². The first-order chi connectivity index (χ1) is 26.3. The largest absolute Gasteiger partial charge is 0.493 e. The van der Waals surface area contributed by atoms with Gasteiger partial charge in [-0.2, -0.15) is 0 Å². The van der Waals surface area contributed by atoms with Crippen molar-refractivity contribution in [3.8, 4) is 21.9 Å². The molecule has 4 N–H and O–H groups in total. The molecule has 4 amide bonds. The highest BCUT2D eigenvalue weighted by Gasteiger charge is 2.44. The maximum absolute atomic E-state index is 13.9. The van der Waals surface area contributed by atoms with Gasteiger partial charge in [-0.05, 0) is 54.0 Å². The highest BCUT2D eigenvalue weighted by Crippen LogP contribution is 2.34. The average Bonchev–Trinajstić information content (AvgIpc) is 3.91. The number of methoxy groups -OCH3 is 1. The molecule has 3 heterocycles.